The van der Waals surface area contributed by atoms with Crippen LogP contribution in [0.2, 0.25) is 0 Å². The Bertz CT molecular complexity index is 809. The van der Waals surface area contributed by atoms with Crippen LogP contribution in [-0.2, 0) is 0 Å². The van der Waals surface area contributed by atoms with E-state index in [9.17, 15) is 0 Å². The number of aryl methyl sites for hydroxylation is 4. The Hall–Kier alpha value is -1.80. The SMILES string of the molecule is CC1=CCC(N(c2ccc(C)c(C)c2)c2ccc(C)c(C)c2)C=C1Br. The standard InChI is InChI=1S/C23H26BrN/c1-15-6-9-20(12-18(15)4)25(21-10-7-16(2)19(5)13-21)22-11-8-17(3)23(24)14-22/h6-10,12-14,22H,11H2,1-5H3. The number of hydrogen-bond acceptors (Lipinski definition) is 1. The third-order valence-corrected chi connectivity index (χ3v) is 6.14. The van der Waals surface area contributed by atoms with Gasteiger partial charge in [0.25, 0.3) is 0 Å². The van der Waals surface area contributed by atoms with Crippen molar-refractivity contribution < 1.29 is 0 Å². The molecule has 1 atom stereocenters. The molecule has 0 heterocycles. The number of anilines is 2. The highest BCUT2D eigenvalue weighted by Crippen LogP contribution is 2.35. The van der Waals surface area contributed by atoms with Crippen LogP contribution in [-0.4, -0.2) is 6.04 Å². The number of halogens is 1. The maximum absolute atomic E-state index is 3.73. The zero-order chi connectivity index (χ0) is 18.1. The second-order valence-electron chi connectivity index (χ2n) is 7.11. The summed E-state index contributed by atoms with van der Waals surface area (Å²) in [4.78, 5) is 2.46. The van der Waals surface area contributed by atoms with E-state index in [0.717, 1.165) is 6.42 Å². The summed E-state index contributed by atoms with van der Waals surface area (Å²) < 4.78 is 1.20. The number of benzene rings is 2. The van der Waals surface area contributed by atoms with Gasteiger partial charge in [0.1, 0.15) is 0 Å². The van der Waals surface area contributed by atoms with Gasteiger partial charge in [-0.2, -0.15) is 0 Å². The molecular formula is C23H26BrN. The summed E-state index contributed by atoms with van der Waals surface area (Å²) in [5.74, 6) is 0. The van der Waals surface area contributed by atoms with E-state index in [2.05, 4.69) is 104 Å². The van der Waals surface area contributed by atoms with E-state index < -0.39 is 0 Å². The monoisotopic (exact) mass is 395 g/mol. The van der Waals surface area contributed by atoms with Gasteiger partial charge in [0, 0.05) is 15.9 Å². The summed E-state index contributed by atoms with van der Waals surface area (Å²) in [7, 11) is 0. The Morgan fingerprint density at radius 2 is 1.32 bits per heavy atom. The molecule has 0 radical (unpaired) electrons. The maximum Gasteiger partial charge on any atom is 0.0570 e. The van der Waals surface area contributed by atoms with Crippen LogP contribution in [0.3, 0.4) is 0 Å². The van der Waals surface area contributed by atoms with Gasteiger partial charge in [0.15, 0.2) is 0 Å². The first kappa shape index (κ1) is 18.0. The zero-order valence-electron chi connectivity index (χ0n) is 15.7. The quantitative estimate of drug-likeness (QED) is 0.537. The predicted molar refractivity (Wildman–Crippen MR) is 113 cm³/mol. The molecule has 0 aliphatic heterocycles. The van der Waals surface area contributed by atoms with Crippen molar-refractivity contribution in [1.29, 1.82) is 0 Å². The van der Waals surface area contributed by atoms with Crippen LogP contribution in [0.4, 0.5) is 11.4 Å². The van der Waals surface area contributed by atoms with E-state index in [0.29, 0.717) is 6.04 Å². The van der Waals surface area contributed by atoms with Crippen molar-refractivity contribution >= 4 is 27.3 Å². The van der Waals surface area contributed by atoms with E-state index in [1.54, 1.807) is 0 Å². The number of hydrogen-bond donors (Lipinski definition) is 0. The average Bonchev–Trinajstić information content (AvgIpc) is 2.57. The molecule has 0 saturated carbocycles. The molecule has 130 valence electrons. The third kappa shape index (κ3) is 3.74. The van der Waals surface area contributed by atoms with Gasteiger partial charge in [-0.05, 0) is 99.2 Å². The van der Waals surface area contributed by atoms with Gasteiger partial charge in [0.05, 0.1) is 6.04 Å². The lowest BCUT2D eigenvalue weighted by Crippen LogP contribution is -2.30. The molecular weight excluding hydrogens is 370 g/mol. The third-order valence-electron chi connectivity index (χ3n) is 5.25. The first-order chi connectivity index (χ1) is 11.9. The molecule has 0 bridgehead atoms. The zero-order valence-corrected chi connectivity index (χ0v) is 17.3. The molecule has 1 unspecified atom stereocenters. The molecule has 2 aromatic carbocycles. The molecule has 2 aromatic rings. The number of allylic oxidation sites excluding steroid dienone is 2. The van der Waals surface area contributed by atoms with Crippen molar-refractivity contribution in [2.75, 3.05) is 4.90 Å². The molecule has 0 saturated heterocycles. The smallest absolute Gasteiger partial charge is 0.0570 e. The summed E-state index contributed by atoms with van der Waals surface area (Å²) in [5.41, 5.74) is 9.15. The van der Waals surface area contributed by atoms with Crippen molar-refractivity contribution in [3.8, 4) is 0 Å². The van der Waals surface area contributed by atoms with Crippen LogP contribution < -0.4 is 4.90 Å². The Kier molecular flexibility index (Phi) is 5.19. The fraction of sp³-hybridized carbons (Fsp3) is 0.304. The molecule has 0 amide bonds. The molecule has 0 fully saturated rings. The molecule has 0 spiro atoms. The summed E-state index contributed by atoms with van der Waals surface area (Å²) in [5, 5.41) is 0. The predicted octanol–water partition coefficient (Wildman–Crippen LogP) is 7.06. The lowest BCUT2D eigenvalue weighted by Gasteiger charge is -2.34. The van der Waals surface area contributed by atoms with Crippen LogP contribution in [0.5, 0.6) is 0 Å². The van der Waals surface area contributed by atoms with Crippen molar-refractivity contribution in [2.24, 2.45) is 0 Å². The van der Waals surface area contributed by atoms with Crippen molar-refractivity contribution in [3.05, 3.63) is 80.9 Å². The van der Waals surface area contributed by atoms with Crippen molar-refractivity contribution in [2.45, 2.75) is 47.1 Å². The van der Waals surface area contributed by atoms with E-state index in [1.165, 1.54) is 43.7 Å². The molecule has 3 rings (SSSR count). The summed E-state index contributed by atoms with van der Waals surface area (Å²) >= 11 is 3.73. The Balaban J connectivity index is 2.11. The topological polar surface area (TPSA) is 3.24 Å². The van der Waals surface area contributed by atoms with Crippen LogP contribution in [0.15, 0.2) is 58.6 Å². The lowest BCUT2D eigenvalue weighted by molar-refractivity contribution is 0.777. The Morgan fingerprint density at radius 3 is 1.76 bits per heavy atom. The summed E-state index contributed by atoms with van der Waals surface area (Å²) in [6.45, 7) is 10.9. The molecule has 1 nitrogen and oxygen atoms in total. The highest BCUT2D eigenvalue weighted by atomic mass is 79.9. The second-order valence-corrected chi connectivity index (χ2v) is 7.97. The van der Waals surface area contributed by atoms with Gasteiger partial charge < -0.3 is 4.90 Å². The first-order valence-electron chi connectivity index (χ1n) is 8.85. The van der Waals surface area contributed by atoms with Crippen LogP contribution >= 0.6 is 15.9 Å². The van der Waals surface area contributed by atoms with E-state index in [-0.39, 0.29) is 0 Å². The fourth-order valence-electron chi connectivity index (χ4n) is 3.23. The Morgan fingerprint density at radius 1 is 0.800 bits per heavy atom. The Labute approximate surface area is 160 Å². The highest BCUT2D eigenvalue weighted by Gasteiger charge is 2.22. The van der Waals surface area contributed by atoms with E-state index in [1.807, 2.05) is 0 Å². The van der Waals surface area contributed by atoms with Crippen molar-refractivity contribution in [1.82, 2.24) is 0 Å². The summed E-state index contributed by atoms with van der Waals surface area (Å²) in [6.07, 6.45) is 5.67. The minimum Gasteiger partial charge on any atom is -0.334 e. The first-order valence-corrected chi connectivity index (χ1v) is 9.64. The molecule has 2 heteroatoms. The fourth-order valence-corrected chi connectivity index (χ4v) is 3.69. The molecule has 0 N–H and O–H groups in total. The number of nitrogens with zero attached hydrogens (tertiary/aromatic N) is 1. The second kappa shape index (κ2) is 7.21. The van der Waals surface area contributed by atoms with Crippen LogP contribution in [0.1, 0.15) is 35.6 Å². The average molecular weight is 396 g/mol. The number of rotatable bonds is 3. The van der Waals surface area contributed by atoms with Gasteiger partial charge >= 0.3 is 0 Å². The van der Waals surface area contributed by atoms with Gasteiger partial charge in [-0.25, -0.2) is 0 Å². The van der Waals surface area contributed by atoms with E-state index in [4.69, 9.17) is 0 Å². The normalized spacial score (nSPS) is 17.1. The highest BCUT2D eigenvalue weighted by molar-refractivity contribution is 9.12. The molecule has 0 aromatic heterocycles. The van der Waals surface area contributed by atoms with Crippen LogP contribution in [0, 0.1) is 27.7 Å². The van der Waals surface area contributed by atoms with E-state index >= 15 is 0 Å². The molecule has 1 aliphatic carbocycles. The van der Waals surface area contributed by atoms with Crippen molar-refractivity contribution in [3.63, 3.8) is 0 Å². The molecule has 25 heavy (non-hydrogen) atoms. The minimum atomic E-state index is 0.308. The molecule has 1 aliphatic rings. The largest absolute Gasteiger partial charge is 0.334 e. The van der Waals surface area contributed by atoms with Gasteiger partial charge in [-0.15, -0.1) is 0 Å². The van der Waals surface area contributed by atoms with Crippen LogP contribution in [0.25, 0.3) is 0 Å². The minimum absolute atomic E-state index is 0.308. The maximum atomic E-state index is 3.73. The van der Waals surface area contributed by atoms with Gasteiger partial charge in [-0.1, -0.05) is 34.1 Å². The van der Waals surface area contributed by atoms with Gasteiger partial charge in [0.2, 0.25) is 0 Å². The van der Waals surface area contributed by atoms with Gasteiger partial charge in [-0.3, -0.25) is 0 Å². The summed E-state index contributed by atoms with van der Waals surface area (Å²) in [6, 6.07) is 13.8. The lowest BCUT2D eigenvalue weighted by atomic mass is 9.99.